The van der Waals surface area contributed by atoms with Crippen molar-refractivity contribution in [1.82, 2.24) is 9.55 Å². The zero-order valence-electron chi connectivity index (χ0n) is 7.94. The smallest absolute Gasteiger partial charge is 0.335 e. The topological polar surface area (TPSA) is 44.1 Å². The molecule has 1 rings (SSSR count). The third-order valence-electron chi connectivity index (χ3n) is 1.93. The van der Waals surface area contributed by atoms with Gasteiger partial charge < -0.3 is 9.30 Å². The van der Waals surface area contributed by atoms with Crippen molar-refractivity contribution in [3.63, 3.8) is 0 Å². The molecule has 70 valence electrons. The number of carbonyl (C=O) groups excluding carboxylic acids is 1. The normalized spacial score (nSPS) is 12.2. The SMILES string of the molecule is COC(=O)/C(C)=C(\C)n1ccnc1. The van der Waals surface area contributed by atoms with Crippen LogP contribution in [0.25, 0.3) is 5.70 Å². The standard InChI is InChI=1S/C9H12N2O2/c1-7(9(12)13-3)8(2)11-5-4-10-6-11/h4-6H,1-3H3/b8-7+. The van der Waals surface area contributed by atoms with Crippen LogP contribution in [0.5, 0.6) is 0 Å². The van der Waals surface area contributed by atoms with E-state index in [4.69, 9.17) is 0 Å². The number of methoxy groups -OCH3 is 1. The van der Waals surface area contributed by atoms with Crippen LogP contribution in [0.4, 0.5) is 0 Å². The van der Waals surface area contributed by atoms with Gasteiger partial charge in [0.25, 0.3) is 0 Å². The highest BCUT2D eigenvalue weighted by molar-refractivity contribution is 5.93. The molecule has 0 aliphatic carbocycles. The Labute approximate surface area is 76.8 Å². The van der Waals surface area contributed by atoms with E-state index in [2.05, 4.69) is 9.72 Å². The first-order chi connectivity index (χ1) is 6.16. The Morgan fingerprint density at radius 3 is 2.62 bits per heavy atom. The van der Waals surface area contributed by atoms with Crippen molar-refractivity contribution in [3.05, 3.63) is 24.3 Å². The minimum Gasteiger partial charge on any atom is -0.466 e. The first-order valence-electron chi connectivity index (χ1n) is 3.91. The van der Waals surface area contributed by atoms with Crippen LogP contribution in [0, 0.1) is 0 Å². The molecule has 0 unspecified atom stereocenters. The lowest BCUT2D eigenvalue weighted by atomic mass is 10.2. The molecule has 4 nitrogen and oxygen atoms in total. The number of ether oxygens (including phenoxy) is 1. The van der Waals surface area contributed by atoms with E-state index in [9.17, 15) is 4.79 Å². The van der Waals surface area contributed by atoms with Crippen molar-refractivity contribution in [3.8, 4) is 0 Å². The van der Waals surface area contributed by atoms with E-state index in [1.54, 1.807) is 30.2 Å². The molecular weight excluding hydrogens is 168 g/mol. The Hall–Kier alpha value is -1.58. The van der Waals surface area contributed by atoms with Crippen molar-refractivity contribution in [2.75, 3.05) is 7.11 Å². The molecule has 0 saturated heterocycles. The quantitative estimate of drug-likeness (QED) is 0.509. The van der Waals surface area contributed by atoms with Crippen molar-refractivity contribution < 1.29 is 9.53 Å². The third kappa shape index (κ3) is 1.96. The summed E-state index contributed by atoms with van der Waals surface area (Å²) in [6, 6.07) is 0. The van der Waals surface area contributed by atoms with Crippen LogP contribution >= 0.6 is 0 Å². The molecular formula is C9H12N2O2. The summed E-state index contributed by atoms with van der Waals surface area (Å²) >= 11 is 0. The van der Waals surface area contributed by atoms with Crippen molar-refractivity contribution in [2.24, 2.45) is 0 Å². The molecule has 1 aromatic heterocycles. The van der Waals surface area contributed by atoms with E-state index in [1.165, 1.54) is 7.11 Å². The molecule has 0 saturated carbocycles. The van der Waals surface area contributed by atoms with E-state index in [-0.39, 0.29) is 5.97 Å². The number of nitrogens with zero attached hydrogens (tertiary/aromatic N) is 2. The van der Waals surface area contributed by atoms with Gasteiger partial charge in [0, 0.05) is 18.1 Å². The van der Waals surface area contributed by atoms with E-state index in [0.29, 0.717) is 5.57 Å². The fraction of sp³-hybridized carbons (Fsp3) is 0.333. The largest absolute Gasteiger partial charge is 0.466 e. The minimum absolute atomic E-state index is 0.314. The molecule has 0 atom stereocenters. The molecule has 0 bridgehead atoms. The van der Waals surface area contributed by atoms with Gasteiger partial charge in [-0.2, -0.15) is 0 Å². The van der Waals surface area contributed by atoms with Crippen LogP contribution in [0.15, 0.2) is 24.3 Å². The molecule has 0 aromatic carbocycles. The summed E-state index contributed by atoms with van der Waals surface area (Å²) in [5, 5.41) is 0. The molecule has 0 aliphatic rings. The molecule has 1 heterocycles. The van der Waals surface area contributed by atoms with Gasteiger partial charge in [0.2, 0.25) is 0 Å². The van der Waals surface area contributed by atoms with Crippen LogP contribution < -0.4 is 0 Å². The second-order valence-electron chi connectivity index (χ2n) is 2.67. The second-order valence-corrected chi connectivity index (χ2v) is 2.67. The molecule has 0 aliphatic heterocycles. The average molecular weight is 180 g/mol. The van der Waals surface area contributed by atoms with Gasteiger partial charge in [-0.3, -0.25) is 0 Å². The fourth-order valence-corrected chi connectivity index (χ4v) is 0.952. The van der Waals surface area contributed by atoms with Gasteiger partial charge >= 0.3 is 5.97 Å². The highest BCUT2D eigenvalue weighted by atomic mass is 16.5. The molecule has 0 fully saturated rings. The van der Waals surface area contributed by atoms with Gasteiger partial charge in [0.1, 0.15) is 0 Å². The van der Waals surface area contributed by atoms with Crippen LogP contribution in [-0.4, -0.2) is 22.6 Å². The highest BCUT2D eigenvalue weighted by Crippen LogP contribution is 2.10. The Balaban J connectivity index is 2.99. The summed E-state index contributed by atoms with van der Waals surface area (Å²) in [6.07, 6.45) is 5.08. The molecule has 0 spiro atoms. The summed E-state index contributed by atoms with van der Waals surface area (Å²) in [5.74, 6) is -0.314. The van der Waals surface area contributed by atoms with E-state index >= 15 is 0 Å². The number of hydrogen-bond acceptors (Lipinski definition) is 3. The average Bonchev–Trinajstić information content (AvgIpc) is 2.67. The van der Waals surface area contributed by atoms with Crippen LogP contribution in [0.1, 0.15) is 13.8 Å². The van der Waals surface area contributed by atoms with E-state index in [0.717, 1.165) is 5.70 Å². The van der Waals surface area contributed by atoms with Crippen LogP contribution in [0.3, 0.4) is 0 Å². The maximum atomic E-state index is 11.1. The number of aromatic nitrogens is 2. The first kappa shape index (κ1) is 9.51. The van der Waals surface area contributed by atoms with Gasteiger partial charge in [-0.15, -0.1) is 0 Å². The number of carbonyl (C=O) groups is 1. The maximum Gasteiger partial charge on any atom is 0.335 e. The number of rotatable bonds is 2. The van der Waals surface area contributed by atoms with Crippen LogP contribution in [-0.2, 0) is 9.53 Å². The molecule has 1 aromatic rings. The molecule has 0 radical (unpaired) electrons. The summed E-state index contributed by atoms with van der Waals surface area (Å²) in [5.41, 5.74) is 1.41. The Bertz CT molecular complexity index is 325. The van der Waals surface area contributed by atoms with Crippen molar-refractivity contribution >= 4 is 11.7 Å². The van der Waals surface area contributed by atoms with Gasteiger partial charge in [-0.1, -0.05) is 0 Å². The number of hydrogen-bond donors (Lipinski definition) is 0. The number of allylic oxidation sites excluding steroid dienone is 1. The second kappa shape index (κ2) is 3.89. The monoisotopic (exact) mass is 180 g/mol. The summed E-state index contributed by atoms with van der Waals surface area (Å²) in [4.78, 5) is 15.0. The summed E-state index contributed by atoms with van der Waals surface area (Å²) in [6.45, 7) is 3.56. The van der Waals surface area contributed by atoms with Gasteiger partial charge in [0.15, 0.2) is 0 Å². The molecule has 4 heteroatoms. The fourth-order valence-electron chi connectivity index (χ4n) is 0.952. The Morgan fingerprint density at radius 2 is 2.15 bits per heavy atom. The van der Waals surface area contributed by atoms with Gasteiger partial charge in [-0.05, 0) is 13.8 Å². The predicted octanol–water partition coefficient (Wildman–Crippen LogP) is 1.31. The van der Waals surface area contributed by atoms with Crippen molar-refractivity contribution in [1.29, 1.82) is 0 Å². The zero-order chi connectivity index (χ0) is 9.84. The first-order valence-corrected chi connectivity index (χ1v) is 3.91. The minimum atomic E-state index is -0.314. The van der Waals surface area contributed by atoms with Gasteiger partial charge in [0.05, 0.1) is 19.0 Å². The summed E-state index contributed by atoms with van der Waals surface area (Å²) in [7, 11) is 1.37. The van der Waals surface area contributed by atoms with E-state index < -0.39 is 0 Å². The van der Waals surface area contributed by atoms with E-state index in [1.807, 2.05) is 6.92 Å². The highest BCUT2D eigenvalue weighted by Gasteiger charge is 2.07. The van der Waals surface area contributed by atoms with Gasteiger partial charge in [-0.25, -0.2) is 9.78 Å². The lowest BCUT2D eigenvalue weighted by Crippen LogP contribution is -2.06. The molecule has 0 N–H and O–H groups in total. The molecule has 13 heavy (non-hydrogen) atoms. The summed E-state index contributed by atoms with van der Waals surface area (Å²) < 4.78 is 6.37. The Morgan fingerprint density at radius 1 is 1.46 bits per heavy atom. The number of imidazole rings is 1. The lowest BCUT2D eigenvalue weighted by Gasteiger charge is -2.05. The lowest BCUT2D eigenvalue weighted by molar-refractivity contribution is -0.135. The zero-order valence-corrected chi connectivity index (χ0v) is 7.94. The Kier molecular flexibility index (Phi) is 2.84. The predicted molar refractivity (Wildman–Crippen MR) is 48.8 cm³/mol. The maximum absolute atomic E-state index is 11.1. The van der Waals surface area contributed by atoms with Crippen molar-refractivity contribution in [2.45, 2.75) is 13.8 Å². The third-order valence-corrected chi connectivity index (χ3v) is 1.93. The number of esters is 1. The van der Waals surface area contributed by atoms with Crippen LogP contribution in [0.2, 0.25) is 0 Å². The molecule has 0 amide bonds.